The van der Waals surface area contributed by atoms with E-state index in [0.717, 1.165) is 11.0 Å². The SMILES string of the molecule is O=C(OCc1cc2ccccc2o1)c1ccncn1. The Morgan fingerprint density at radius 2 is 2.16 bits per heavy atom. The number of ether oxygens (including phenoxy) is 1. The lowest BCUT2D eigenvalue weighted by atomic mass is 10.2. The lowest BCUT2D eigenvalue weighted by molar-refractivity contribution is 0.0440. The third kappa shape index (κ3) is 2.44. The first-order valence-electron chi connectivity index (χ1n) is 5.73. The third-order valence-electron chi connectivity index (χ3n) is 2.61. The average Bonchev–Trinajstić information content (AvgIpc) is 2.88. The molecule has 0 spiro atoms. The summed E-state index contributed by atoms with van der Waals surface area (Å²) in [6.45, 7) is 0.0809. The van der Waals surface area contributed by atoms with Crippen LogP contribution in [-0.2, 0) is 11.3 Å². The van der Waals surface area contributed by atoms with Gasteiger partial charge in [0.05, 0.1) is 0 Å². The molecule has 0 bridgehead atoms. The second-order valence-corrected chi connectivity index (χ2v) is 3.92. The summed E-state index contributed by atoms with van der Waals surface area (Å²) in [6.07, 6.45) is 2.79. The smallest absolute Gasteiger partial charge is 0.357 e. The highest BCUT2D eigenvalue weighted by Gasteiger charge is 2.10. The summed E-state index contributed by atoms with van der Waals surface area (Å²) in [5.74, 6) is 0.103. The van der Waals surface area contributed by atoms with E-state index in [2.05, 4.69) is 9.97 Å². The van der Waals surface area contributed by atoms with E-state index in [0.29, 0.717) is 5.76 Å². The molecule has 2 heterocycles. The maximum Gasteiger partial charge on any atom is 0.357 e. The lowest BCUT2D eigenvalue weighted by Gasteiger charge is -2.00. The zero-order valence-corrected chi connectivity index (χ0v) is 9.95. The lowest BCUT2D eigenvalue weighted by Crippen LogP contribution is -2.06. The quantitative estimate of drug-likeness (QED) is 0.672. The molecule has 19 heavy (non-hydrogen) atoms. The fraction of sp³-hybridized carbons (Fsp3) is 0.0714. The third-order valence-corrected chi connectivity index (χ3v) is 2.61. The van der Waals surface area contributed by atoms with Crippen LogP contribution in [0.4, 0.5) is 0 Å². The van der Waals surface area contributed by atoms with Crippen LogP contribution in [0, 0.1) is 0 Å². The first-order valence-corrected chi connectivity index (χ1v) is 5.73. The largest absolute Gasteiger partial charge is 0.457 e. The number of para-hydroxylation sites is 1. The molecule has 0 aliphatic carbocycles. The van der Waals surface area contributed by atoms with Crippen LogP contribution < -0.4 is 0 Å². The highest BCUT2D eigenvalue weighted by Crippen LogP contribution is 2.19. The molecule has 94 valence electrons. The van der Waals surface area contributed by atoms with Crippen LogP contribution in [0.15, 0.2) is 53.3 Å². The van der Waals surface area contributed by atoms with Crippen molar-refractivity contribution >= 4 is 16.9 Å². The molecule has 0 N–H and O–H groups in total. The molecule has 2 aromatic heterocycles. The minimum Gasteiger partial charge on any atom is -0.457 e. The fourth-order valence-electron chi connectivity index (χ4n) is 1.73. The van der Waals surface area contributed by atoms with E-state index in [-0.39, 0.29) is 12.3 Å². The van der Waals surface area contributed by atoms with Crippen molar-refractivity contribution in [3.63, 3.8) is 0 Å². The van der Waals surface area contributed by atoms with Gasteiger partial charge in [-0.25, -0.2) is 14.8 Å². The first kappa shape index (κ1) is 11.4. The Morgan fingerprint density at radius 3 is 2.95 bits per heavy atom. The number of aromatic nitrogens is 2. The van der Waals surface area contributed by atoms with Gasteiger partial charge in [0.2, 0.25) is 0 Å². The molecule has 0 atom stereocenters. The van der Waals surface area contributed by atoms with Crippen LogP contribution in [-0.4, -0.2) is 15.9 Å². The van der Waals surface area contributed by atoms with Gasteiger partial charge in [-0.1, -0.05) is 18.2 Å². The molecule has 0 amide bonds. The van der Waals surface area contributed by atoms with Crippen molar-refractivity contribution in [2.45, 2.75) is 6.61 Å². The Morgan fingerprint density at radius 1 is 1.26 bits per heavy atom. The van der Waals surface area contributed by atoms with Gasteiger partial charge in [-0.05, 0) is 18.2 Å². The van der Waals surface area contributed by atoms with Crippen molar-refractivity contribution < 1.29 is 13.9 Å². The average molecular weight is 254 g/mol. The van der Waals surface area contributed by atoms with Crippen LogP contribution >= 0.6 is 0 Å². The Hall–Kier alpha value is -2.69. The van der Waals surface area contributed by atoms with Crippen LogP contribution in [0.1, 0.15) is 16.2 Å². The molecule has 0 fully saturated rings. The number of rotatable bonds is 3. The predicted octanol–water partition coefficient (Wildman–Crippen LogP) is 2.58. The van der Waals surface area contributed by atoms with Crippen molar-refractivity contribution in [2.75, 3.05) is 0 Å². The van der Waals surface area contributed by atoms with Crippen LogP contribution in [0.3, 0.4) is 0 Å². The molecule has 0 saturated carbocycles. The van der Waals surface area contributed by atoms with Crippen molar-refractivity contribution in [2.24, 2.45) is 0 Å². The number of fused-ring (bicyclic) bond motifs is 1. The normalized spacial score (nSPS) is 10.5. The highest BCUT2D eigenvalue weighted by atomic mass is 16.5. The number of nitrogens with zero attached hydrogens (tertiary/aromatic N) is 2. The minimum absolute atomic E-state index is 0.0809. The van der Waals surface area contributed by atoms with Crippen LogP contribution in [0.5, 0.6) is 0 Å². The number of benzene rings is 1. The molecule has 0 aliphatic rings. The summed E-state index contributed by atoms with van der Waals surface area (Å²) in [6, 6.07) is 11.0. The number of carbonyl (C=O) groups is 1. The summed E-state index contributed by atoms with van der Waals surface area (Å²) in [7, 11) is 0. The molecule has 0 unspecified atom stereocenters. The Labute approximate surface area is 108 Å². The first-order chi connectivity index (χ1) is 9.33. The molecule has 5 heteroatoms. The van der Waals surface area contributed by atoms with E-state index in [1.807, 2.05) is 30.3 Å². The van der Waals surface area contributed by atoms with Crippen LogP contribution in [0.2, 0.25) is 0 Å². The molecule has 5 nitrogen and oxygen atoms in total. The Bertz CT molecular complexity index is 674. The zero-order chi connectivity index (χ0) is 13.1. The van der Waals surface area contributed by atoms with Gasteiger partial charge in [0, 0.05) is 11.6 Å². The predicted molar refractivity (Wildman–Crippen MR) is 67.4 cm³/mol. The summed E-state index contributed by atoms with van der Waals surface area (Å²) in [5.41, 5.74) is 1.00. The van der Waals surface area contributed by atoms with Crippen molar-refractivity contribution in [1.29, 1.82) is 0 Å². The molecule has 3 aromatic rings. The Kier molecular flexibility index (Phi) is 2.94. The number of furan rings is 1. The van der Waals surface area contributed by atoms with Gasteiger partial charge in [-0.15, -0.1) is 0 Å². The number of esters is 1. The molecule has 0 aliphatic heterocycles. The second-order valence-electron chi connectivity index (χ2n) is 3.92. The molecule has 3 rings (SSSR count). The van der Waals surface area contributed by atoms with Crippen molar-refractivity contribution in [1.82, 2.24) is 9.97 Å². The maximum absolute atomic E-state index is 11.7. The van der Waals surface area contributed by atoms with E-state index in [1.54, 1.807) is 0 Å². The van der Waals surface area contributed by atoms with Crippen molar-refractivity contribution in [3.8, 4) is 0 Å². The van der Waals surface area contributed by atoms with E-state index >= 15 is 0 Å². The molecular formula is C14H10N2O3. The number of hydrogen-bond donors (Lipinski definition) is 0. The summed E-state index contributed by atoms with van der Waals surface area (Å²) >= 11 is 0. The molecule has 1 aromatic carbocycles. The second kappa shape index (κ2) is 4.89. The minimum atomic E-state index is -0.497. The topological polar surface area (TPSA) is 65.2 Å². The van der Waals surface area contributed by atoms with Crippen LogP contribution in [0.25, 0.3) is 11.0 Å². The zero-order valence-electron chi connectivity index (χ0n) is 9.95. The van der Waals surface area contributed by atoms with E-state index in [1.165, 1.54) is 18.6 Å². The number of carbonyl (C=O) groups excluding carboxylic acids is 1. The van der Waals surface area contributed by atoms with Gasteiger partial charge in [0.15, 0.2) is 5.69 Å². The van der Waals surface area contributed by atoms with Crippen molar-refractivity contribution in [3.05, 3.63) is 60.4 Å². The maximum atomic E-state index is 11.7. The molecule has 0 radical (unpaired) electrons. The van der Waals surface area contributed by atoms with Gasteiger partial charge < -0.3 is 9.15 Å². The number of hydrogen-bond acceptors (Lipinski definition) is 5. The standard InChI is InChI=1S/C14H10N2O3/c17-14(12-5-6-15-9-16-12)18-8-11-7-10-3-1-2-4-13(10)19-11/h1-7,9H,8H2. The van der Waals surface area contributed by atoms with Gasteiger partial charge >= 0.3 is 5.97 Å². The molecular weight excluding hydrogens is 244 g/mol. The van der Waals surface area contributed by atoms with E-state index in [4.69, 9.17) is 9.15 Å². The summed E-state index contributed by atoms with van der Waals surface area (Å²) in [5, 5.41) is 0.982. The monoisotopic (exact) mass is 254 g/mol. The molecule has 0 saturated heterocycles. The fourth-order valence-corrected chi connectivity index (χ4v) is 1.73. The van der Waals surface area contributed by atoms with E-state index in [9.17, 15) is 4.79 Å². The highest BCUT2D eigenvalue weighted by molar-refractivity contribution is 5.87. The Balaban J connectivity index is 1.71. The van der Waals surface area contributed by atoms with Gasteiger partial charge in [0.25, 0.3) is 0 Å². The summed E-state index contributed by atoms with van der Waals surface area (Å²) < 4.78 is 10.7. The van der Waals surface area contributed by atoms with Gasteiger partial charge in [0.1, 0.15) is 24.3 Å². The van der Waals surface area contributed by atoms with E-state index < -0.39 is 5.97 Å². The van der Waals surface area contributed by atoms with Gasteiger partial charge in [-0.2, -0.15) is 0 Å². The summed E-state index contributed by atoms with van der Waals surface area (Å²) in [4.78, 5) is 19.2. The van der Waals surface area contributed by atoms with Gasteiger partial charge in [-0.3, -0.25) is 0 Å².